The zero-order valence-electron chi connectivity index (χ0n) is 14.0. The second-order valence-corrected chi connectivity index (χ2v) is 6.51. The molecule has 0 radical (unpaired) electrons. The highest BCUT2D eigenvalue weighted by molar-refractivity contribution is 9.10. The zero-order chi connectivity index (χ0) is 17.6. The number of para-hydroxylation sites is 1. The highest BCUT2D eigenvalue weighted by Crippen LogP contribution is 2.34. The number of halogens is 1. The van der Waals surface area contributed by atoms with Crippen molar-refractivity contribution in [2.45, 2.75) is 13.5 Å². The van der Waals surface area contributed by atoms with Crippen LogP contribution in [-0.2, 0) is 11.3 Å². The van der Waals surface area contributed by atoms with Crippen LogP contribution >= 0.6 is 15.9 Å². The van der Waals surface area contributed by atoms with E-state index >= 15 is 0 Å². The third kappa shape index (κ3) is 4.45. The van der Waals surface area contributed by atoms with Gasteiger partial charge in [-0.3, -0.25) is 4.79 Å². The molecule has 0 aliphatic carbocycles. The van der Waals surface area contributed by atoms with Gasteiger partial charge in [-0.25, -0.2) is 0 Å². The van der Waals surface area contributed by atoms with E-state index in [-0.39, 0.29) is 12.5 Å². The summed E-state index contributed by atoms with van der Waals surface area (Å²) in [4.78, 5) is 14.2. The number of carbonyl (C=O) groups excluding carboxylic acids is 1. The molecular weight excluding hydrogens is 386 g/mol. The van der Waals surface area contributed by atoms with Crippen molar-refractivity contribution in [2.24, 2.45) is 0 Å². The van der Waals surface area contributed by atoms with E-state index in [1.165, 1.54) is 0 Å². The standard InChI is InChI=1S/C19H20BrNO4/c1-2-21(18(22)13-25-16-8-6-15(20)7-9-16)12-14-4-3-5-17-19(14)24-11-10-23-17/h3-9H,2,10-13H2,1H3. The van der Waals surface area contributed by atoms with Crippen LogP contribution in [0.25, 0.3) is 0 Å². The topological polar surface area (TPSA) is 48.0 Å². The summed E-state index contributed by atoms with van der Waals surface area (Å²) in [6, 6.07) is 13.2. The lowest BCUT2D eigenvalue weighted by atomic mass is 10.1. The number of rotatable bonds is 6. The lowest BCUT2D eigenvalue weighted by Crippen LogP contribution is -2.34. The fraction of sp³-hybridized carbons (Fsp3) is 0.316. The average Bonchev–Trinajstić information content (AvgIpc) is 2.65. The van der Waals surface area contributed by atoms with Crippen molar-refractivity contribution in [1.82, 2.24) is 4.90 Å². The maximum absolute atomic E-state index is 12.5. The Morgan fingerprint density at radius 1 is 1.16 bits per heavy atom. The third-order valence-electron chi connectivity index (χ3n) is 3.92. The highest BCUT2D eigenvalue weighted by Gasteiger charge is 2.19. The van der Waals surface area contributed by atoms with Crippen molar-refractivity contribution in [1.29, 1.82) is 0 Å². The number of carbonyl (C=O) groups is 1. The molecule has 5 nitrogen and oxygen atoms in total. The molecule has 0 unspecified atom stereocenters. The number of likely N-dealkylation sites (N-methyl/N-ethyl adjacent to an activating group) is 1. The SMILES string of the molecule is CCN(Cc1cccc2c1OCCO2)C(=O)COc1ccc(Br)cc1. The summed E-state index contributed by atoms with van der Waals surface area (Å²) in [5.41, 5.74) is 0.941. The smallest absolute Gasteiger partial charge is 0.260 e. The van der Waals surface area contributed by atoms with E-state index in [1.54, 1.807) is 4.90 Å². The summed E-state index contributed by atoms with van der Waals surface area (Å²) in [6.07, 6.45) is 0. The van der Waals surface area contributed by atoms with E-state index in [2.05, 4.69) is 15.9 Å². The summed E-state index contributed by atoms with van der Waals surface area (Å²) >= 11 is 3.37. The molecule has 0 N–H and O–H groups in total. The molecule has 3 rings (SSSR count). The van der Waals surface area contributed by atoms with E-state index in [9.17, 15) is 4.79 Å². The molecule has 1 amide bonds. The van der Waals surface area contributed by atoms with Crippen LogP contribution < -0.4 is 14.2 Å². The molecule has 2 aromatic rings. The molecule has 25 heavy (non-hydrogen) atoms. The van der Waals surface area contributed by atoms with Crippen molar-refractivity contribution in [3.05, 3.63) is 52.5 Å². The Morgan fingerprint density at radius 3 is 2.68 bits per heavy atom. The van der Waals surface area contributed by atoms with Crippen LogP contribution in [0.5, 0.6) is 17.2 Å². The minimum Gasteiger partial charge on any atom is -0.486 e. The van der Waals surface area contributed by atoms with Crippen molar-refractivity contribution in [2.75, 3.05) is 26.4 Å². The van der Waals surface area contributed by atoms with Gasteiger partial charge in [0, 0.05) is 23.1 Å². The van der Waals surface area contributed by atoms with E-state index in [1.807, 2.05) is 49.4 Å². The Labute approximate surface area is 155 Å². The van der Waals surface area contributed by atoms with Crippen molar-refractivity contribution in [3.8, 4) is 17.2 Å². The summed E-state index contributed by atoms with van der Waals surface area (Å²) in [5, 5.41) is 0. The first-order valence-corrected chi connectivity index (χ1v) is 9.00. The van der Waals surface area contributed by atoms with Crippen molar-refractivity contribution in [3.63, 3.8) is 0 Å². The summed E-state index contributed by atoms with van der Waals surface area (Å²) < 4.78 is 17.9. The lowest BCUT2D eigenvalue weighted by Gasteiger charge is -2.25. The number of hydrogen-bond acceptors (Lipinski definition) is 4. The Bertz CT molecular complexity index is 733. The molecule has 0 saturated carbocycles. The Morgan fingerprint density at radius 2 is 1.92 bits per heavy atom. The number of benzene rings is 2. The van der Waals surface area contributed by atoms with E-state index in [0.717, 1.165) is 21.5 Å². The molecular formula is C19H20BrNO4. The van der Waals surface area contributed by atoms with Crippen LogP contribution in [0, 0.1) is 0 Å². The Hall–Kier alpha value is -2.21. The van der Waals surface area contributed by atoms with E-state index in [4.69, 9.17) is 14.2 Å². The van der Waals surface area contributed by atoms with Crippen LogP contribution in [-0.4, -0.2) is 37.2 Å². The number of nitrogens with zero attached hydrogens (tertiary/aromatic N) is 1. The average molecular weight is 406 g/mol. The number of amides is 1. The van der Waals surface area contributed by atoms with Gasteiger partial charge in [-0.1, -0.05) is 28.1 Å². The maximum Gasteiger partial charge on any atom is 0.260 e. The van der Waals surface area contributed by atoms with Crippen LogP contribution in [0.15, 0.2) is 46.9 Å². The van der Waals surface area contributed by atoms with Crippen LogP contribution in [0.1, 0.15) is 12.5 Å². The number of fused-ring (bicyclic) bond motifs is 1. The fourth-order valence-corrected chi connectivity index (χ4v) is 2.87. The number of hydrogen-bond donors (Lipinski definition) is 0. The van der Waals surface area contributed by atoms with Gasteiger partial charge in [0.2, 0.25) is 0 Å². The predicted octanol–water partition coefficient (Wildman–Crippen LogP) is 3.65. The Balaban J connectivity index is 1.64. The van der Waals surface area contributed by atoms with Crippen molar-refractivity contribution >= 4 is 21.8 Å². The first-order chi connectivity index (χ1) is 12.2. The van der Waals surface area contributed by atoms with Gasteiger partial charge in [-0.2, -0.15) is 0 Å². The molecule has 0 bridgehead atoms. The molecule has 0 fully saturated rings. The molecule has 1 heterocycles. The van der Waals surface area contributed by atoms with E-state index < -0.39 is 0 Å². The summed E-state index contributed by atoms with van der Waals surface area (Å²) in [5.74, 6) is 2.06. The Kier molecular flexibility index (Phi) is 5.81. The highest BCUT2D eigenvalue weighted by atomic mass is 79.9. The fourth-order valence-electron chi connectivity index (χ4n) is 2.61. The molecule has 0 saturated heterocycles. The maximum atomic E-state index is 12.5. The molecule has 6 heteroatoms. The monoisotopic (exact) mass is 405 g/mol. The number of ether oxygens (including phenoxy) is 3. The molecule has 0 atom stereocenters. The van der Waals surface area contributed by atoms with Gasteiger partial charge < -0.3 is 19.1 Å². The molecule has 1 aliphatic heterocycles. The first-order valence-electron chi connectivity index (χ1n) is 8.21. The lowest BCUT2D eigenvalue weighted by molar-refractivity contribution is -0.133. The summed E-state index contributed by atoms with van der Waals surface area (Å²) in [7, 11) is 0. The van der Waals surface area contributed by atoms with Gasteiger partial charge in [-0.05, 0) is 37.3 Å². The van der Waals surface area contributed by atoms with Gasteiger partial charge in [0.15, 0.2) is 18.1 Å². The largest absolute Gasteiger partial charge is 0.486 e. The third-order valence-corrected chi connectivity index (χ3v) is 4.45. The van der Waals surface area contributed by atoms with Gasteiger partial charge in [0.1, 0.15) is 19.0 Å². The summed E-state index contributed by atoms with van der Waals surface area (Å²) in [6.45, 7) is 4.08. The predicted molar refractivity (Wildman–Crippen MR) is 98.2 cm³/mol. The van der Waals surface area contributed by atoms with Gasteiger partial charge in [-0.15, -0.1) is 0 Å². The van der Waals surface area contributed by atoms with Gasteiger partial charge in [0.05, 0.1) is 0 Å². The normalized spacial score (nSPS) is 12.6. The van der Waals surface area contributed by atoms with Crippen LogP contribution in [0.4, 0.5) is 0 Å². The van der Waals surface area contributed by atoms with Gasteiger partial charge >= 0.3 is 0 Å². The van der Waals surface area contributed by atoms with Crippen LogP contribution in [0.2, 0.25) is 0 Å². The second kappa shape index (κ2) is 8.25. The molecule has 2 aromatic carbocycles. The van der Waals surface area contributed by atoms with Crippen LogP contribution in [0.3, 0.4) is 0 Å². The zero-order valence-corrected chi connectivity index (χ0v) is 15.6. The molecule has 0 aromatic heterocycles. The van der Waals surface area contributed by atoms with Gasteiger partial charge in [0.25, 0.3) is 5.91 Å². The van der Waals surface area contributed by atoms with Crippen molar-refractivity contribution < 1.29 is 19.0 Å². The minimum atomic E-state index is -0.0697. The van der Waals surface area contributed by atoms with E-state index in [0.29, 0.717) is 32.1 Å². The first kappa shape index (κ1) is 17.6. The quantitative estimate of drug-likeness (QED) is 0.735. The molecule has 1 aliphatic rings. The molecule has 132 valence electrons. The molecule has 0 spiro atoms. The second-order valence-electron chi connectivity index (χ2n) is 5.59. The minimum absolute atomic E-state index is 0.00184.